The van der Waals surface area contributed by atoms with Gasteiger partial charge in [0, 0.05) is 0 Å². The minimum atomic E-state index is -0.832. The van der Waals surface area contributed by atoms with E-state index in [-0.39, 0.29) is 11.2 Å². The van der Waals surface area contributed by atoms with Crippen LogP contribution in [0, 0.1) is 24.1 Å². The Morgan fingerprint density at radius 1 is 1.41 bits per heavy atom. The summed E-state index contributed by atoms with van der Waals surface area (Å²) in [7, 11) is 0. The van der Waals surface area contributed by atoms with Gasteiger partial charge in [-0.05, 0) is 42.0 Å². The first kappa shape index (κ1) is 13.7. The van der Waals surface area contributed by atoms with Crippen LogP contribution < -0.4 is 0 Å². The molecule has 3 heteroatoms. The van der Waals surface area contributed by atoms with Gasteiger partial charge in [-0.15, -0.1) is 0 Å². The van der Waals surface area contributed by atoms with Crippen molar-refractivity contribution >= 4 is 5.97 Å². The van der Waals surface area contributed by atoms with Crippen LogP contribution in [-0.4, -0.2) is 11.1 Å². The molecule has 1 N–H and O–H groups in total. The molecule has 0 aliphatic carbocycles. The lowest BCUT2D eigenvalue weighted by Gasteiger charge is -2.27. The van der Waals surface area contributed by atoms with Gasteiger partial charge in [0.05, 0.1) is 5.92 Å². The van der Waals surface area contributed by atoms with E-state index in [1.807, 2.05) is 27.7 Å². The third kappa shape index (κ3) is 3.55. The molecule has 0 saturated heterocycles. The van der Waals surface area contributed by atoms with Crippen LogP contribution in [-0.2, 0) is 11.2 Å². The number of carboxylic acid groups (broad SMARTS) is 1. The summed E-state index contributed by atoms with van der Waals surface area (Å²) in [5, 5.41) is 9.24. The molecule has 1 aromatic rings. The Morgan fingerprint density at radius 2 is 2.00 bits per heavy atom. The van der Waals surface area contributed by atoms with Crippen molar-refractivity contribution in [2.24, 2.45) is 11.3 Å². The second-order valence-electron chi connectivity index (χ2n) is 5.53. The molecule has 0 spiro atoms. The number of rotatable bonds is 3. The summed E-state index contributed by atoms with van der Waals surface area (Å²) in [4.78, 5) is 11.3. The summed E-state index contributed by atoms with van der Waals surface area (Å²) >= 11 is 0. The Bertz CT molecular complexity index is 419. The zero-order chi connectivity index (χ0) is 13.2. The summed E-state index contributed by atoms with van der Waals surface area (Å²) in [5.41, 5.74) is 1.36. The average molecular weight is 238 g/mol. The molecule has 1 rings (SSSR count). The maximum atomic E-state index is 13.1. The minimum absolute atomic E-state index is 0.316. The third-order valence-electron chi connectivity index (χ3n) is 3.08. The van der Waals surface area contributed by atoms with E-state index < -0.39 is 11.9 Å². The van der Waals surface area contributed by atoms with E-state index >= 15 is 0 Å². The van der Waals surface area contributed by atoms with Crippen LogP contribution in [0.1, 0.15) is 31.9 Å². The molecule has 94 valence electrons. The monoisotopic (exact) mass is 238 g/mol. The van der Waals surface area contributed by atoms with E-state index in [2.05, 4.69) is 0 Å². The van der Waals surface area contributed by atoms with Crippen LogP contribution in [0.5, 0.6) is 0 Å². The quantitative estimate of drug-likeness (QED) is 0.876. The summed E-state index contributed by atoms with van der Waals surface area (Å²) in [5.74, 6) is -1.66. The molecule has 2 nitrogen and oxygen atoms in total. The van der Waals surface area contributed by atoms with Crippen LogP contribution in [0.15, 0.2) is 18.2 Å². The summed E-state index contributed by atoms with van der Waals surface area (Å²) in [6, 6.07) is 4.51. The predicted molar refractivity (Wildman–Crippen MR) is 65.4 cm³/mol. The maximum Gasteiger partial charge on any atom is 0.307 e. The lowest BCUT2D eigenvalue weighted by Crippen LogP contribution is -2.30. The summed E-state index contributed by atoms with van der Waals surface area (Å²) in [6.45, 7) is 7.54. The second kappa shape index (κ2) is 4.86. The average Bonchev–Trinajstić information content (AvgIpc) is 2.17. The molecular formula is C14H19FO2. The van der Waals surface area contributed by atoms with Gasteiger partial charge < -0.3 is 5.11 Å². The fourth-order valence-electron chi connectivity index (χ4n) is 1.84. The molecule has 1 aromatic carbocycles. The fourth-order valence-corrected chi connectivity index (χ4v) is 1.84. The van der Waals surface area contributed by atoms with Gasteiger partial charge in [0.1, 0.15) is 5.82 Å². The zero-order valence-corrected chi connectivity index (χ0v) is 10.7. The molecule has 1 unspecified atom stereocenters. The smallest absolute Gasteiger partial charge is 0.307 e. The van der Waals surface area contributed by atoms with E-state index in [4.69, 9.17) is 0 Å². The molecular weight excluding hydrogens is 219 g/mol. The molecule has 0 bridgehead atoms. The number of carboxylic acids is 1. The molecule has 1 atom stereocenters. The van der Waals surface area contributed by atoms with Crippen molar-refractivity contribution in [1.29, 1.82) is 0 Å². The SMILES string of the molecule is Cc1ccc(F)cc1CC(C(=O)O)C(C)(C)C. The van der Waals surface area contributed by atoms with Gasteiger partial charge in [0.2, 0.25) is 0 Å². The number of hydrogen-bond donors (Lipinski definition) is 1. The molecule has 0 radical (unpaired) electrons. The highest BCUT2D eigenvalue weighted by Crippen LogP contribution is 2.30. The number of aliphatic carboxylic acids is 1. The number of hydrogen-bond acceptors (Lipinski definition) is 1. The van der Waals surface area contributed by atoms with Gasteiger partial charge in [0.15, 0.2) is 0 Å². The van der Waals surface area contributed by atoms with Gasteiger partial charge in [-0.25, -0.2) is 4.39 Å². The minimum Gasteiger partial charge on any atom is -0.481 e. The Hall–Kier alpha value is -1.38. The molecule has 0 fully saturated rings. The second-order valence-corrected chi connectivity index (χ2v) is 5.53. The van der Waals surface area contributed by atoms with Crippen LogP contribution in [0.4, 0.5) is 4.39 Å². The summed E-state index contributed by atoms with van der Waals surface area (Å²) in [6.07, 6.45) is 0.364. The largest absolute Gasteiger partial charge is 0.481 e. The fraction of sp³-hybridized carbons (Fsp3) is 0.500. The van der Waals surface area contributed by atoms with Gasteiger partial charge in [0.25, 0.3) is 0 Å². The number of aryl methyl sites for hydroxylation is 1. The highest BCUT2D eigenvalue weighted by molar-refractivity contribution is 5.71. The summed E-state index contributed by atoms with van der Waals surface area (Å²) < 4.78 is 13.1. The van der Waals surface area contributed by atoms with E-state index in [1.165, 1.54) is 12.1 Å². The van der Waals surface area contributed by atoms with Crippen molar-refractivity contribution in [3.63, 3.8) is 0 Å². The number of carbonyl (C=O) groups is 1. The first-order valence-corrected chi connectivity index (χ1v) is 5.69. The topological polar surface area (TPSA) is 37.3 Å². The van der Waals surface area contributed by atoms with Gasteiger partial charge in [-0.2, -0.15) is 0 Å². The number of benzene rings is 1. The third-order valence-corrected chi connectivity index (χ3v) is 3.08. The van der Waals surface area contributed by atoms with Crippen molar-refractivity contribution in [1.82, 2.24) is 0 Å². The highest BCUT2D eigenvalue weighted by atomic mass is 19.1. The predicted octanol–water partition coefficient (Wildman–Crippen LogP) is 3.42. The molecule has 0 aliphatic rings. The van der Waals surface area contributed by atoms with Crippen molar-refractivity contribution < 1.29 is 14.3 Å². The molecule has 17 heavy (non-hydrogen) atoms. The molecule has 0 heterocycles. The Morgan fingerprint density at radius 3 is 2.47 bits per heavy atom. The lowest BCUT2D eigenvalue weighted by molar-refractivity contribution is -0.145. The van der Waals surface area contributed by atoms with E-state index in [1.54, 1.807) is 6.07 Å². The molecule has 0 aliphatic heterocycles. The number of halogens is 1. The molecule has 0 aromatic heterocycles. The maximum absolute atomic E-state index is 13.1. The standard InChI is InChI=1S/C14H19FO2/c1-9-5-6-11(15)7-10(9)8-12(13(16)17)14(2,3)4/h5-7,12H,8H2,1-4H3,(H,16,17). The van der Waals surface area contributed by atoms with Gasteiger partial charge in [-0.3, -0.25) is 4.79 Å². The normalized spacial score (nSPS) is 13.5. The Labute approximate surface area is 101 Å². The zero-order valence-electron chi connectivity index (χ0n) is 10.7. The van der Waals surface area contributed by atoms with Crippen molar-refractivity contribution in [2.75, 3.05) is 0 Å². The van der Waals surface area contributed by atoms with Gasteiger partial charge in [-0.1, -0.05) is 26.8 Å². The first-order valence-electron chi connectivity index (χ1n) is 5.69. The van der Waals surface area contributed by atoms with E-state index in [9.17, 15) is 14.3 Å². The van der Waals surface area contributed by atoms with E-state index in [0.717, 1.165) is 11.1 Å². The van der Waals surface area contributed by atoms with Gasteiger partial charge >= 0.3 is 5.97 Å². The van der Waals surface area contributed by atoms with Crippen LogP contribution >= 0.6 is 0 Å². The highest BCUT2D eigenvalue weighted by Gasteiger charge is 2.31. The van der Waals surface area contributed by atoms with Crippen LogP contribution in [0.3, 0.4) is 0 Å². The van der Waals surface area contributed by atoms with Crippen LogP contribution in [0.2, 0.25) is 0 Å². The Balaban J connectivity index is 3.02. The molecule has 0 saturated carbocycles. The Kier molecular flexibility index (Phi) is 3.91. The van der Waals surface area contributed by atoms with Crippen molar-refractivity contribution in [2.45, 2.75) is 34.1 Å². The van der Waals surface area contributed by atoms with Crippen molar-refractivity contribution in [3.8, 4) is 0 Å². The molecule has 0 amide bonds. The lowest BCUT2D eigenvalue weighted by atomic mass is 9.77. The first-order chi connectivity index (χ1) is 7.71. The van der Waals surface area contributed by atoms with E-state index in [0.29, 0.717) is 6.42 Å². The van der Waals surface area contributed by atoms with Crippen LogP contribution in [0.25, 0.3) is 0 Å². The van der Waals surface area contributed by atoms with Crippen molar-refractivity contribution in [3.05, 3.63) is 35.1 Å².